The van der Waals surface area contributed by atoms with Crippen LogP contribution in [0.4, 0.5) is 0 Å². The molecule has 3 rings (SSSR count). The molecule has 1 saturated heterocycles. The van der Waals surface area contributed by atoms with Crippen LogP contribution in [0.3, 0.4) is 0 Å². The summed E-state index contributed by atoms with van der Waals surface area (Å²) in [5.74, 6) is 0.319. The zero-order chi connectivity index (χ0) is 23.8. The average molecular weight is 452 g/mol. The molecule has 11 nitrogen and oxygen atoms in total. The summed E-state index contributed by atoms with van der Waals surface area (Å²) in [6, 6.07) is -1.52. The SMILES string of the molecule is [2H][C@@]1(C(=O)O[C@H](C)CC(=O)NCC(=O)OCC)C[C@H]2C[C@@H](CCc3nn[nH]n3)CC[C@H]2CN1. The number of nitrogens with one attached hydrogen (secondary N) is 3. The van der Waals surface area contributed by atoms with E-state index in [9.17, 15) is 14.4 Å². The number of rotatable bonds is 10. The van der Waals surface area contributed by atoms with Crippen LogP contribution in [0, 0.1) is 17.8 Å². The summed E-state index contributed by atoms with van der Waals surface area (Å²) in [5, 5.41) is 19.6. The van der Waals surface area contributed by atoms with Gasteiger partial charge in [-0.2, -0.15) is 5.21 Å². The minimum atomic E-state index is -1.52. The highest BCUT2D eigenvalue weighted by Crippen LogP contribution is 2.40. The molecule has 0 unspecified atom stereocenters. The molecule has 1 saturated carbocycles. The van der Waals surface area contributed by atoms with E-state index in [1.807, 2.05) is 0 Å². The molecule has 3 N–H and O–H groups in total. The Labute approximate surface area is 189 Å². The number of hydrogen-bond acceptors (Lipinski definition) is 9. The van der Waals surface area contributed by atoms with E-state index in [0.717, 1.165) is 32.1 Å². The van der Waals surface area contributed by atoms with Gasteiger partial charge in [-0.25, -0.2) is 0 Å². The van der Waals surface area contributed by atoms with Crippen LogP contribution in [0.1, 0.15) is 59.6 Å². The van der Waals surface area contributed by atoms with Crippen molar-refractivity contribution in [3.05, 3.63) is 5.82 Å². The lowest BCUT2D eigenvalue weighted by Gasteiger charge is -2.42. The third-order valence-electron chi connectivity index (χ3n) is 6.22. The minimum Gasteiger partial charge on any atom is -0.465 e. The summed E-state index contributed by atoms with van der Waals surface area (Å²) < 4.78 is 18.9. The molecule has 0 spiro atoms. The molecule has 2 heterocycles. The molecule has 1 aliphatic heterocycles. The van der Waals surface area contributed by atoms with Crippen molar-refractivity contribution in [3.63, 3.8) is 0 Å². The van der Waals surface area contributed by atoms with E-state index >= 15 is 0 Å². The fourth-order valence-electron chi connectivity index (χ4n) is 4.58. The van der Waals surface area contributed by atoms with E-state index < -0.39 is 30.0 Å². The second-order valence-corrected chi connectivity index (χ2v) is 8.63. The van der Waals surface area contributed by atoms with Crippen molar-refractivity contribution in [3.8, 4) is 0 Å². The Morgan fingerprint density at radius 1 is 1.28 bits per heavy atom. The smallest absolute Gasteiger partial charge is 0.325 e. The van der Waals surface area contributed by atoms with Crippen LogP contribution in [-0.4, -0.2) is 70.3 Å². The van der Waals surface area contributed by atoms with E-state index in [2.05, 4.69) is 31.3 Å². The van der Waals surface area contributed by atoms with E-state index in [1.54, 1.807) is 13.8 Å². The maximum Gasteiger partial charge on any atom is 0.325 e. The van der Waals surface area contributed by atoms with Gasteiger partial charge in [0.1, 0.15) is 18.7 Å². The normalized spacial score (nSPS) is 28.7. The zero-order valence-electron chi connectivity index (χ0n) is 19.8. The van der Waals surface area contributed by atoms with Crippen molar-refractivity contribution in [2.45, 2.75) is 70.9 Å². The van der Waals surface area contributed by atoms with Crippen molar-refractivity contribution < 1.29 is 25.2 Å². The Bertz CT molecular complexity index is 809. The summed E-state index contributed by atoms with van der Waals surface area (Å²) >= 11 is 0. The Hall–Kier alpha value is -2.56. The molecule has 32 heavy (non-hydrogen) atoms. The molecule has 5 atom stereocenters. The Kier molecular flexibility index (Phi) is 8.41. The van der Waals surface area contributed by atoms with Crippen molar-refractivity contribution in [2.24, 2.45) is 17.8 Å². The zero-order valence-corrected chi connectivity index (χ0v) is 18.8. The molecule has 2 fully saturated rings. The minimum absolute atomic E-state index is 0.0918. The molecule has 1 aromatic rings. The van der Waals surface area contributed by atoms with Crippen LogP contribution in [0.2, 0.25) is 0 Å². The lowest BCUT2D eigenvalue weighted by molar-refractivity contribution is -0.154. The van der Waals surface area contributed by atoms with Gasteiger partial charge in [-0.15, -0.1) is 10.2 Å². The highest BCUT2D eigenvalue weighted by atomic mass is 16.5. The van der Waals surface area contributed by atoms with Crippen molar-refractivity contribution in [1.82, 2.24) is 31.3 Å². The van der Waals surface area contributed by atoms with Gasteiger partial charge in [0.05, 0.1) is 14.4 Å². The number of fused-ring (bicyclic) bond motifs is 1. The summed E-state index contributed by atoms with van der Waals surface area (Å²) in [5.41, 5.74) is 0. The molecule has 1 aliphatic carbocycles. The highest BCUT2D eigenvalue weighted by molar-refractivity contribution is 5.82. The number of esters is 2. The molecule has 1 amide bonds. The van der Waals surface area contributed by atoms with Crippen LogP contribution in [0.5, 0.6) is 0 Å². The summed E-state index contributed by atoms with van der Waals surface area (Å²) in [7, 11) is 0. The molecular weight excluding hydrogens is 416 g/mol. The monoisotopic (exact) mass is 451 g/mol. The molecule has 1 aromatic heterocycles. The van der Waals surface area contributed by atoms with Crippen molar-refractivity contribution in [1.29, 1.82) is 0 Å². The van der Waals surface area contributed by atoms with Crippen LogP contribution >= 0.6 is 0 Å². The van der Waals surface area contributed by atoms with Gasteiger partial charge in [0.25, 0.3) is 0 Å². The summed E-state index contributed by atoms with van der Waals surface area (Å²) in [4.78, 5) is 36.1. The fourth-order valence-corrected chi connectivity index (χ4v) is 4.58. The van der Waals surface area contributed by atoms with E-state index in [4.69, 9.17) is 10.8 Å². The van der Waals surface area contributed by atoms with Crippen LogP contribution in [-0.2, 0) is 30.3 Å². The Balaban J connectivity index is 1.45. The fraction of sp³-hybridized carbons (Fsp3) is 0.810. The number of hydrogen-bond donors (Lipinski definition) is 3. The van der Waals surface area contributed by atoms with Crippen molar-refractivity contribution in [2.75, 3.05) is 19.7 Å². The largest absolute Gasteiger partial charge is 0.465 e. The number of carbonyl (C=O) groups is 3. The van der Waals surface area contributed by atoms with E-state index in [-0.39, 0.29) is 25.5 Å². The number of piperidine rings is 1. The van der Waals surface area contributed by atoms with Crippen molar-refractivity contribution >= 4 is 17.8 Å². The maximum atomic E-state index is 12.8. The van der Waals surface area contributed by atoms with E-state index in [0.29, 0.717) is 30.6 Å². The number of nitrogens with zero attached hydrogens (tertiary/aromatic N) is 3. The molecular formula is C21H34N6O5. The number of carbonyl (C=O) groups excluding carboxylic acids is 3. The first-order valence-electron chi connectivity index (χ1n) is 11.9. The first-order chi connectivity index (χ1) is 15.8. The Morgan fingerprint density at radius 2 is 2.12 bits per heavy atom. The molecule has 2 aliphatic rings. The molecule has 0 bridgehead atoms. The van der Waals surface area contributed by atoms with Crippen LogP contribution < -0.4 is 10.6 Å². The maximum absolute atomic E-state index is 12.8. The number of tetrazole rings is 1. The number of ether oxygens (including phenoxy) is 2. The predicted molar refractivity (Wildman–Crippen MR) is 113 cm³/mol. The second kappa shape index (κ2) is 11.9. The number of amides is 1. The van der Waals surface area contributed by atoms with Gasteiger partial charge in [-0.1, -0.05) is 11.6 Å². The second-order valence-electron chi connectivity index (χ2n) is 8.63. The third-order valence-corrected chi connectivity index (χ3v) is 6.22. The molecule has 11 heteroatoms. The lowest BCUT2D eigenvalue weighted by Crippen LogP contribution is -2.50. The quantitative estimate of drug-likeness (QED) is 0.433. The number of aromatic amines is 1. The van der Waals surface area contributed by atoms with Gasteiger partial charge < -0.3 is 20.1 Å². The first kappa shape index (κ1) is 22.6. The number of H-pyrrole nitrogens is 1. The molecule has 178 valence electrons. The third kappa shape index (κ3) is 7.25. The highest BCUT2D eigenvalue weighted by Gasteiger charge is 2.38. The number of aryl methyl sites for hydroxylation is 1. The van der Waals surface area contributed by atoms with Gasteiger partial charge in [-0.05, 0) is 63.8 Å². The Morgan fingerprint density at radius 3 is 2.88 bits per heavy atom. The predicted octanol–water partition coefficient (Wildman–Crippen LogP) is 0.528. The standard InChI is InChI=1S/C21H34N6O5/c1-3-31-20(29)12-23-19(28)8-13(2)32-21(30)17-10-16-9-14(4-6-15(16)11-22-17)5-7-18-24-26-27-25-18/h13-17,22H,3-12H2,1-2H3,(H,23,28)(H,24,25,26,27)/t13-,14-,15+,16-,17+/m1/s1/i17D. The van der Waals surface area contributed by atoms with E-state index in [1.165, 1.54) is 0 Å². The van der Waals surface area contributed by atoms with Gasteiger partial charge in [0.2, 0.25) is 5.91 Å². The van der Waals surface area contributed by atoms with Crippen LogP contribution in [0.25, 0.3) is 0 Å². The topological polar surface area (TPSA) is 148 Å². The number of aromatic nitrogens is 4. The first-order valence-corrected chi connectivity index (χ1v) is 11.4. The van der Waals surface area contributed by atoms with Gasteiger partial charge in [-0.3, -0.25) is 14.4 Å². The summed E-state index contributed by atoms with van der Waals surface area (Å²) in [6.45, 7) is 3.90. The van der Waals surface area contributed by atoms with Gasteiger partial charge in [0.15, 0.2) is 5.82 Å². The molecule has 0 aromatic carbocycles. The van der Waals surface area contributed by atoms with Gasteiger partial charge in [0, 0.05) is 6.42 Å². The summed E-state index contributed by atoms with van der Waals surface area (Å²) in [6.07, 6.45) is 4.46. The average Bonchev–Trinajstić information content (AvgIpc) is 3.30. The molecule has 0 radical (unpaired) electrons. The van der Waals surface area contributed by atoms with Gasteiger partial charge >= 0.3 is 11.9 Å². The van der Waals surface area contributed by atoms with Crippen LogP contribution in [0.15, 0.2) is 0 Å². The lowest BCUT2D eigenvalue weighted by atomic mass is 9.69.